The highest BCUT2D eigenvalue weighted by molar-refractivity contribution is 6.30. The zero-order valence-corrected chi connectivity index (χ0v) is 14.6. The normalized spacial score (nSPS) is 15.0. The van der Waals surface area contributed by atoms with Gasteiger partial charge in [-0.05, 0) is 55.0 Å². The van der Waals surface area contributed by atoms with Gasteiger partial charge in [-0.2, -0.15) is 0 Å². The molecule has 118 valence electrons. The molecule has 2 nitrogen and oxygen atoms in total. The smallest absolute Gasteiger partial charge is 0.0415 e. The van der Waals surface area contributed by atoms with Crippen LogP contribution in [0.15, 0.2) is 18.2 Å². The second kappa shape index (κ2) is 7.51. The van der Waals surface area contributed by atoms with Crippen LogP contribution in [0.25, 0.3) is 0 Å². The van der Waals surface area contributed by atoms with Crippen LogP contribution in [0.2, 0.25) is 5.02 Å². The maximum absolute atomic E-state index is 6.22. The molecule has 1 fully saturated rings. The molecule has 1 aromatic rings. The van der Waals surface area contributed by atoms with Crippen molar-refractivity contribution in [1.29, 1.82) is 0 Å². The molecule has 0 amide bonds. The summed E-state index contributed by atoms with van der Waals surface area (Å²) >= 11 is 6.22. The van der Waals surface area contributed by atoms with Crippen LogP contribution in [0.4, 0.5) is 5.69 Å². The number of nitrogens with one attached hydrogen (secondary N) is 1. The highest BCUT2D eigenvalue weighted by atomic mass is 35.5. The molecule has 21 heavy (non-hydrogen) atoms. The molecule has 1 aliphatic carbocycles. The maximum Gasteiger partial charge on any atom is 0.0415 e. The van der Waals surface area contributed by atoms with Crippen molar-refractivity contribution in [1.82, 2.24) is 5.32 Å². The van der Waals surface area contributed by atoms with E-state index in [1.807, 2.05) is 6.07 Å². The summed E-state index contributed by atoms with van der Waals surface area (Å²) in [4.78, 5) is 2.59. The zero-order valence-electron chi connectivity index (χ0n) is 13.8. The Kier molecular flexibility index (Phi) is 5.95. The first-order valence-electron chi connectivity index (χ1n) is 8.23. The van der Waals surface area contributed by atoms with Gasteiger partial charge in [-0.3, -0.25) is 0 Å². The van der Waals surface area contributed by atoms with E-state index in [1.54, 1.807) is 0 Å². The van der Waals surface area contributed by atoms with Crippen molar-refractivity contribution in [3.8, 4) is 0 Å². The van der Waals surface area contributed by atoms with Crippen molar-refractivity contribution in [2.24, 2.45) is 11.8 Å². The molecule has 0 radical (unpaired) electrons. The number of nitrogens with zero attached hydrogens (tertiary/aromatic N) is 1. The van der Waals surface area contributed by atoms with Gasteiger partial charge < -0.3 is 10.2 Å². The van der Waals surface area contributed by atoms with E-state index in [0.717, 1.165) is 30.7 Å². The molecule has 0 saturated heterocycles. The lowest BCUT2D eigenvalue weighted by Gasteiger charge is -2.29. The maximum atomic E-state index is 6.22. The number of anilines is 1. The average molecular weight is 309 g/mol. The summed E-state index contributed by atoms with van der Waals surface area (Å²) < 4.78 is 0. The molecule has 2 rings (SSSR count). The van der Waals surface area contributed by atoms with Gasteiger partial charge in [-0.25, -0.2) is 0 Å². The van der Waals surface area contributed by atoms with Gasteiger partial charge in [0.2, 0.25) is 0 Å². The van der Waals surface area contributed by atoms with Gasteiger partial charge in [-0.1, -0.05) is 39.3 Å². The molecule has 1 N–H and O–H groups in total. The highest BCUT2D eigenvalue weighted by Gasteiger charge is 2.30. The Balaban J connectivity index is 2.15. The van der Waals surface area contributed by atoms with Crippen molar-refractivity contribution >= 4 is 17.3 Å². The second-order valence-corrected chi connectivity index (χ2v) is 7.51. The second-order valence-electron chi connectivity index (χ2n) is 7.08. The van der Waals surface area contributed by atoms with Crippen LogP contribution in [0, 0.1) is 11.8 Å². The van der Waals surface area contributed by atoms with Gasteiger partial charge in [0, 0.05) is 29.8 Å². The number of hydrogen-bond acceptors (Lipinski definition) is 2. The minimum Gasteiger partial charge on any atom is -0.368 e. The van der Waals surface area contributed by atoms with Gasteiger partial charge >= 0.3 is 0 Å². The van der Waals surface area contributed by atoms with Crippen molar-refractivity contribution in [2.45, 2.75) is 53.1 Å². The molecule has 0 unspecified atom stereocenters. The lowest BCUT2D eigenvalue weighted by Crippen LogP contribution is -2.31. The summed E-state index contributed by atoms with van der Waals surface area (Å²) in [6.45, 7) is 12.1. The zero-order chi connectivity index (χ0) is 15.4. The minimum atomic E-state index is 0.669. The van der Waals surface area contributed by atoms with E-state index in [1.165, 1.54) is 24.1 Å². The van der Waals surface area contributed by atoms with E-state index in [4.69, 9.17) is 11.6 Å². The molecule has 1 saturated carbocycles. The number of hydrogen-bond donors (Lipinski definition) is 1. The van der Waals surface area contributed by atoms with E-state index in [0.29, 0.717) is 11.8 Å². The lowest BCUT2D eigenvalue weighted by molar-refractivity contribution is 0.550. The highest BCUT2D eigenvalue weighted by Crippen LogP contribution is 2.35. The summed E-state index contributed by atoms with van der Waals surface area (Å²) in [5.74, 6) is 1.35. The van der Waals surface area contributed by atoms with E-state index >= 15 is 0 Å². The fraction of sp³-hybridized carbons (Fsp3) is 0.667. The monoisotopic (exact) mass is 308 g/mol. The lowest BCUT2D eigenvalue weighted by atomic mass is 10.1. The molecule has 0 heterocycles. The first-order valence-corrected chi connectivity index (χ1v) is 8.61. The van der Waals surface area contributed by atoms with Crippen LogP contribution < -0.4 is 10.2 Å². The predicted octanol–water partition coefficient (Wildman–Crippen LogP) is 4.71. The third-order valence-electron chi connectivity index (χ3n) is 3.77. The van der Waals surface area contributed by atoms with Gasteiger partial charge in [-0.15, -0.1) is 0 Å². The first-order chi connectivity index (χ1) is 9.97. The van der Waals surface area contributed by atoms with Gasteiger partial charge in [0.1, 0.15) is 0 Å². The minimum absolute atomic E-state index is 0.669. The Morgan fingerprint density at radius 1 is 1.19 bits per heavy atom. The quantitative estimate of drug-likeness (QED) is 0.748. The SMILES string of the molecule is CC(C)CNCc1cc(Cl)ccc1N(CC(C)C)C1CC1. The molecular formula is C18H29ClN2. The largest absolute Gasteiger partial charge is 0.368 e. The topological polar surface area (TPSA) is 15.3 Å². The van der Waals surface area contributed by atoms with Crippen LogP contribution in [0.5, 0.6) is 0 Å². The molecule has 0 aliphatic heterocycles. The fourth-order valence-corrected chi connectivity index (χ4v) is 2.89. The Morgan fingerprint density at radius 3 is 2.48 bits per heavy atom. The van der Waals surface area contributed by atoms with E-state index in [-0.39, 0.29) is 0 Å². The number of halogens is 1. The number of rotatable bonds is 8. The van der Waals surface area contributed by atoms with Crippen LogP contribution in [0.1, 0.15) is 46.1 Å². The van der Waals surface area contributed by atoms with Crippen molar-refractivity contribution in [3.63, 3.8) is 0 Å². The summed E-state index contributed by atoms with van der Waals surface area (Å²) in [6.07, 6.45) is 2.66. The summed E-state index contributed by atoms with van der Waals surface area (Å²) in [5.41, 5.74) is 2.70. The molecule has 0 bridgehead atoms. The third-order valence-corrected chi connectivity index (χ3v) is 4.00. The molecule has 0 aromatic heterocycles. The molecule has 0 spiro atoms. The summed E-state index contributed by atoms with van der Waals surface area (Å²) in [5, 5.41) is 4.38. The van der Waals surface area contributed by atoms with Gasteiger partial charge in [0.05, 0.1) is 0 Å². The van der Waals surface area contributed by atoms with E-state index in [2.05, 4.69) is 50.0 Å². The number of benzene rings is 1. The Labute approximate surface area is 134 Å². The van der Waals surface area contributed by atoms with E-state index < -0.39 is 0 Å². The summed E-state index contributed by atoms with van der Waals surface area (Å²) in [6, 6.07) is 7.09. The van der Waals surface area contributed by atoms with Crippen LogP contribution in [0.3, 0.4) is 0 Å². The molecule has 0 atom stereocenters. The molecule has 1 aliphatic rings. The Morgan fingerprint density at radius 2 is 1.90 bits per heavy atom. The van der Waals surface area contributed by atoms with Crippen LogP contribution >= 0.6 is 11.6 Å². The predicted molar refractivity (Wildman–Crippen MR) is 93.2 cm³/mol. The Hall–Kier alpha value is -0.730. The molecular weight excluding hydrogens is 280 g/mol. The molecule has 1 aromatic carbocycles. The fourth-order valence-electron chi connectivity index (χ4n) is 2.70. The van der Waals surface area contributed by atoms with E-state index in [9.17, 15) is 0 Å². The van der Waals surface area contributed by atoms with Crippen LogP contribution in [-0.4, -0.2) is 19.1 Å². The van der Waals surface area contributed by atoms with Crippen LogP contribution in [-0.2, 0) is 6.54 Å². The van der Waals surface area contributed by atoms with Gasteiger partial charge in [0.15, 0.2) is 0 Å². The molecule has 3 heteroatoms. The Bertz CT molecular complexity index is 453. The van der Waals surface area contributed by atoms with Crippen molar-refractivity contribution in [3.05, 3.63) is 28.8 Å². The summed E-state index contributed by atoms with van der Waals surface area (Å²) in [7, 11) is 0. The van der Waals surface area contributed by atoms with Crippen molar-refractivity contribution < 1.29 is 0 Å². The average Bonchev–Trinajstić information content (AvgIpc) is 3.20. The van der Waals surface area contributed by atoms with Gasteiger partial charge in [0.25, 0.3) is 0 Å². The third kappa shape index (κ3) is 5.19. The first kappa shape index (κ1) is 16.6. The standard InChI is InChI=1S/C18H29ClN2/c1-13(2)10-20-11-15-9-16(19)5-8-18(15)21(12-14(3)4)17-6-7-17/h5,8-9,13-14,17,20H,6-7,10-12H2,1-4H3. The van der Waals surface area contributed by atoms with Crippen molar-refractivity contribution in [2.75, 3.05) is 18.0 Å².